The van der Waals surface area contributed by atoms with Crippen LogP contribution in [0.4, 0.5) is 0 Å². The summed E-state index contributed by atoms with van der Waals surface area (Å²) in [5.41, 5.74) is 0. The number of rotatable bonds is 7. The molecule has 1 aromatic heterocycles. The van der Waals surface area contributed by atoms with Gasteiger partial charge in [-0.2, -0.15) is 4.98 Å². The first kappa shape index (κ1) is 15.1. The van der Waals surface area contributed by atoms with Crippen molar-refractivity contribution >= 4 is 11.9 Å². The van der Waals surface area contributed by atoms with E-state index in [9.17, 15) is 9.59 Å². The average molecular weight is 269 g/mol. The predicted octanol–water partition coefficient (Wildman–Crippen LogP) is 0.880. The van der Waals surface area contributed by atoms with E-state index in [-0.39, 0.29) is 18.9 Å². The minimum Gasteiger partial charge on any atom is -0.481 e. The van der Waals surface area contributed by atoms with Crippen molar-refractivity contribution in [3.05, 3.63) is 11.7 Å². The number of amides is 1. The second-order valence-electron chi connectivity index (χ2n) is 4.41. The summed E-state index contributed by atoms with van der Waals surface area (Å²) in [7, 11) is 0. The van der Waals surface area contributed by atoms with Gasteiger partial charge in [-0.15, -0.1) is 0 Å². The van der Waals surface area contributed by atoms with Crippen LogP contribution in [0.15, 0.2) is 4.52 Å². The first-order valence-corrected chi connectivity index (χ1v) is 6.23. The molecule has 7 heteroatoms. The van der Waals surface area contributed by atoms with E-state index in [1.54, 1.807) is 13.8 Å². The highest BCUT2D eigenvalue weighted by molar-refractivity contribution is 5.77. The van der Waals surface area contributed by atoms with Gasteiger partial charge in [-0.05, 0) is 13.8 Å². The minimum atomic E-state index is -0.904. The third kappa shape index (κ3) is 4.69. The number of nitrogens with zero attached hydrogens (tertiary/aromatic N) is 3. The van der Waals surface area contributed by atoms with E-state index >= 15 is 0 Å². The van der Waals surface area contributed by atoms with Crippen molar-refractivity contribution in [1.29, 1.82) is 0 Å². The van der Waals surface area contributed by atoms with Gasteiger partial charge in [0.1, 0.15) is 0 Å². The third-order valence-corrected chi connectivity index (χ3v) is 2.77. The summed E-state index contributed by atoms with van der Waals surface area (Å²) in [6.45, 7) is 5.82. The number of hydrogen-bond acceptors (Lipinski definition) is 5. The first-order valence-electron chi connectivity index (χ1n) is 6.23. The summed E-state index contributed by atoms with van der Waals surface area (Å²) in [6, 6.07) is 0. The van der Waals surface area contributed by atoms with Crippen molar-refractivity contribution in [1.82, 2.24) is 15.0 Å². The molecule has 0 radical (unpaired) electrons. The lowest BCUT2D eigenvalue weighted by Gasteiger charge is -2.22. The Hall–Kier alpha value is -1.92. The Labute approximate surface area is 111 Å². The Morgan fingerprint density at radius 2 is 2.16 bits per heavy atom. The van der Waals surface area contributed by atoms with E-state index in [0.29, 0.717) is 24.7 Å². The molecular formula is C12H19N3O4. The Bertz CT molecular complexity index is 444. The van der Waals surface area contributed by atoms with Crippen molar-refractivity contribution in [3.63, 3.8) is 0 Å². The number of carboxylic acid groups (broad SMARTS) is 1. The molecule has 7 nitrogen and oxygen atoms in total. The third-order valence-electron chi connectivity index (χ3n) is 2.77. The van der Waals surface area contributed by atoms with E-state index in [2.05, 4.69) is 10.1 Å². The molecule has 1 heterocycles. The van der Waals surface area contributed by atoms with E-state index in [1.165, 1.54) is 4.90 Å². The number of aryl methyl sites for hydroxylation is 2. The van der Waals surface area contributed by atoms with Gasteiger partial charge in [-0.1, -0.05) is 12.1 Å². The molecule has 0 saturated carbocycles. The van der Waals surface area contributed by atoms with Gasteiger partial charge in [-0.25, -0.2) is 0 Å². The van der Waals surface area contributed by atoms with Crippen LogP contribution in [-0.4, -0.2) is 45.1 Å². The summed E-state index contributed by atoms with van der Waals surface area (Å²) < 4.78 is 4.92. The molecule has 1 atom stereocenters. The summed E-state index contributed by atoms with van der Waals surface area (Å²) in [5, 5.41) is 12.5. The monoisotopic (exact) mass is 269 g/mol. The molecule has 0 bridgehead atoms. The van der Waals surface area contributed by atoms with E-state index in [1.807, 2.05) is 6.92 Å². The molecule has 106 valence electrons. The first-order chi connectivity index (χ1) is 8.93. The molecule has 1 unspecified atom stereocenters. The maximum atomic E-state index is 12.0. The quantitative estimate of drug-likeness (QED) is 0.789. The SMILES string of the molecule is CCN(CC(C)C(=O)O)C(=O)CCc1nc(C)no1. The molecule has 0 aliphatic rings. The van der Waals surface area contributed by atoms with Gasteiger partial charge in [0.15, 0.2) is 5.82 Å². The maximum Gasteiger partial charge on any atom is 0.308 e. The largest absolute Gasteiger partial charge is 0.481 e. The number of carboxylic acids is 1. The van der Waals surface area contributed by atoms with Crippen LogP contribution in [-0.2, 0) is 16.0 Å². The number of hydrogen-bond donors (Lipinski definition) is 1. The lowest BCUT2D eigenvalue weighted by atomic mass is 10.1. The van der Waals surface area contributed by atoms with Crippen LogP contribution >= 0.6 is 0 Å². The topological polar surface area (TPSA) is 96.5 Å². The molecule has 0 aliphatic carbocycles. The number of aromatic nitrogens is 2. The van der Waals surface area contributed by atoms with E-state index in [4.69, 9.17) is 9.63 Å². The van der Waals surface area contributed by atoms with Crippen molar-refractivity contribution in [2.24, 2.45) is 5.92 Å². The molecule has 1 amide bonds. The van der Waals surface area contributed by atoms with Crippen LogP contribution in [0.25, 0.3) is 0 Å². The molecule has 0 saturated heterocycles. The summed E-state index contributed by atoms with van der Waals surface area (Å²) in [6.07, 6.45) is 0.611. The van der Waals surface area contributed by atoms with Crippen LogP contribution in [0.1, 0.15) is 32.0 Å². The minimum absolute atomic E-state index is 0.105. The second kappa shape index (κ2) is 6.86. The van der Waals surface area contributed by atoms with Crippen molar-refractivity contribution in [2.75, 3.05) is 13.1 Å². The zero-order chi connectivity index (χ0) is 14.4. The molecule has 0 fully saturated rings. The van der Waals surface area contributed by atoms with Gasteiger partial charge in [-0.3, -0.25) is 9.59 Å². The lowest BCUT2D eigenvalue weighted by molar-refractivity contribution is -0.143. The normalized spacial score (nSPS) is 12.2. The van der Waals surface area contributed by atoms with Crippen LogP contribution in [0.2, 0.25) is 0 Å². The van der Waals surface area contributed by atoms with E-state index in [0.717, 1.165) is 0 Å². The Kier molecular flexibility index (Phi) is 5.47. The summed E-state index contributed by atoms with van der Waals surface area (Å²) in [4.78, 5) is 28.3. The Morgan fingerprint density at radius 3 is 2.63 bits per heavy atom. The maximum absolute atomic E-state index is 12.0. The summed E-state index contributed by atoms with van der Waals surface area (Å²) in [5.74, 6) is -0.623. The molecule has 19 heavy (non-hydrogen) atoms. The lowest BCUT2D eigenvalue weighted by Crippen LogP contribution is -2.36. The fourth-order valence-corrected chi connectivity index (χ4v) is 1.63. The second-order valence-corrected chi connectivity index (χ2v) is 4.41. The van der Waals surface area contributed by atoms with Crippen LogP contribution in [0.5, 0.6) is 0 Å². The zero-order valence-electron chi connectivity index (χ0n) is 11.4. The zero-order valence-corrected chi connectivity index (χ0v) is 11.4. The fourth-order valence-electron chi connectivity index (χ4n) is 1.63. The molecular weight excluding hydrogens is 250 g/mol. The smallest absolute Gasteiger partial charge is 0.308 e. The molecule has 0 aliphatic heterocycles. The van der Waals surface area contributed by atoms with Crippen LogP contribution in [0.3, 0.4) is 0 Å². The molecule has 1 aromatic rings. The average Bonchev–Trinajstić information content (AvgIpc) is 2.78. The number of carbonyl (C=O) groups is 2. The van der Waals surface area contributed by atoms with Crippen LogP contribution < -0.4 is 0 Å². The molecule has 1 rings (SSSR count). The molecule has 0 spiro atoms. The van der Waals surface area contributed by atoms with Gasteiger partial charge >= 0.3 is 5.97 Å². The molecule has 1 N–H and O–H groups in total. The van der Waals surface area contributed by atoms with E-state index < -0.39 is 11.9 Å². The standard InChI is InChI=1S/C12H19N3O4/c1-4-15(7-8(2)12(17)18)11(16)6-5-10-13-9(3)14-19-10/h8H,4-7H2,1-3H3,(H,17,18). The van der Waals surface area contributed by atoms with Crippen LogP contribution in [0, 0.1) is 12.8 Å². The molecule has 0 aromatic carbocycles. The van der Waals surface area contributed by atoms with Gasteiger partial charge < -0.3 is 14.5 Å². The predicted molar refractivity (Wildman–Crippen MR) is 66.4 cm³/mol. The Balaban J connectivity index is 2.47. The van der Waals surface area contributed by atoms with Gasteiger partial charge in [0, 0.05) is 25.9 Å². The number of carbonyl (C=O) groups excluding carboxylic acids is 1. The highest BCUT2D eigenvalue weighted by atomic mass is 16.5. The van der Waals surface area contributed by atoms with Gasteiger partial charge in [0.25, 0.3) is 0 Å². The van der Waals surface area contributed by atoms with Gasteiger partial charge in [0.2, 0.25) is 11.8 Å². The van der Waals surface area contributed by atoms with Crippen molar-refractivity contribution in [3.8, 4) is 0 Å². The number of aliphatic carboxylic acids is 1. The highest BCUT2D eigenvalue weighted by Gasteiger charge is 2.19. The fraction of sp³-hybridized carbons (Fsp3) is 0.667. The van der Waals surface area contributed by atoms with Gasteiger partial charge in [0.05, 0.1) is 5.92 Å². The highest BCUT2D eigenvalue weighted by Crippen LogP contribution is 2.06. The summed E-state index contributed by atoms with van der Waals surface area (Å²) >= 11 is 0. The van der Waals surface area contributed by atoms with Crippen molar-refractivity contribution in [2.45, 2.75) is 33.6 Å². The van der Waals surface area contributed by atoms with Crippen molar-refractivity contribution < 1.29 is 19.2 Å². The Morgan fingerprint density at radius 1 is 1.47 bits per heavy atom.